The van der Waals surface area contributed by atoms with Crippen molar-refractivity contribution < 1.29 is 0 Å². The Kier molecular flexibility index (Phi) is 2.13. The van der Waals surface area contributed by atoms with E-state index >= 15 is 0 Å². The maximum absolute atomic E-state index is 6.19. The number of hydrogen-bond donors (Lipinski definition) is 3. The van der Waals surface area contributed by atoms with Crippen molar-refractivity contribution >= 4 is 11.6 Å². The lowest BCUT2D eigenvalue weighted by atomic mass is 9.88. The van der Waals surface area contributed by atoms with E-state index in [1.165, 1.54) is 0 Å². The first-order valence-electron chi connectivity index (χ1n) is 4.39. The van der Waals surface area contributed by atoms with Gasteiger partial charge in [-0.25, -0.2) is 0 Å². The van der Waals surface area contributed by atoms with E-state index in [2.05, 4.69) is 4.98 Å². The van der Waals surface area contributed by atoms with Gasteiger partial charge in [0.1, 0.15) is 0 Å². The number of nitrogens with two attached hydrogens (primary N) is 2. The number of halogens is 1. The van der Waals surface area contributed by atoms with Crippen LogP contribution in [0.3, 0.4) is 0 Å². The summed E-state index contributed by atoms with van der Waals surface area (Å²) in [4.78, 5) is 3.08. The third kappa shape index (κ3) is 1.45. The van der Waals surface area contributed by atoms with Crippen LogP contribution < -0.4 is 11.5 Å². The molecule has 0 saturated carbocycles. The molecular formula is C10H12ClN3. The first-order chi connectivity index (χ1) is 6.62. The van der Waals surface area contributed by atoms with E-state index in [4.69, 9.17) is 23.1 Å². The topological polar surface area (TPSA) is 67.8 Å². The van der Waals surface area contributed by atoms with Crippen molar-refractivity contribution in [3.63, 3.8) is 0 Å². The lowest BCUT2D eigenvalue weighted by Crippen LogP contribution is -2.36. The summed E-state index contributed by atoms with van der Waals surface area (Å²) in [7, 11) is 0. The Labute approximate surface area is 87.4 Å². The predicted molar refractivity (Wildman–Crippen MR) is 57.5 cm³/mol. The average molecular weight is 210 g/mol. The Morgan fingerprint density at radius 3 is 2.86 bits per heavy atom. The van der Waals surface area contributed by atoms with Crippen molar-refractivity contribution in [2.24, 2.45) is 11.5 Å². The van der Waals surface area contributed by atoms with E-state index in [9.17, 15) is 0 Å². The highest BCUT2D eigenvalue weighted by Gasteiger charge is 2.28. The molecule has 2 rings (SSSR count). The van der Waals surface area contributed by atoms with Gasteiger partial charge >= 0.3 is 0 Å². The third-order valence-corrected chi connectivity index (χ3v) is 2.75. The Hall–Kier alpha value is -1.19. The molecule has 0 amide bonds. The molecule has 5 N–H and O–H groups in total. The van der Waals surface area contributed by atoms with Crippen molar-refractivity contribution in [1.82, 2.24) is 4.98 Å². The molecule has 74 valence electrons. The van der Waals surface area contributed by atoms with Crippen LogP contribution in [0.1, 0.15) is 12.1 Å². The quantitative estimate of drug-likeness (QED) is 0.657. The smallest absolute Gasteiger partial charge is 0.0800 e. The molecule has 1 aliphatic carbocycles. The molecule has 1 heterocycles. The minimum absolute atomic E-state index is 0.522. The fraction of sp³-hybridized carbons (Fsp3) is 0.200. The van der Waals surface area contributed by atoms with Crippen molar-refractivity contribution in [3.8, 4) is 0 Å². The molecule has 0 fully saturated rings. The number of aromatic amines is 1. The predicted octanol–water partition coefficient (Wildman–Crippen LogP) is 1.54. The Bertz CT molecular complexity index is 392. The zero-order valence-electron chi connectivity index (χ0n) is 7.63. The highest BCUT2D eigenvalue weighted by atomic mass is 35.5. The maximum atomic E-state index is 6.19. The van der Waals surface area contributed by atoms with E-state index in [-0.39, 0.29) is 0 Å². The summed E-state index contributed by atoms with van der Waals surface area (Å²) in [6, 6.07) is 3.85. The van der Waals surface area contributed by atoms with Crippen LogP contribution in [0.5, 0.6) is 0 Å². The van der Waals surface area contributed by atoms with Crippen LogP contribution in [0.4, 0.5) is 0 Å². The molecule has 1 unspecified atom stereocenters. The van der Waals surface area contributed by atoms with E-state index in [0.29, 0.717) is 17.2 Å². The SMILES string of the molecule is NC1=CCC(N)(c2ccc[nH]2)C=C1Cl. The number of nitrogens with one attached hydrogen (secondary N) is 1. The summed E-state index contributed by atoms with van der Waals surface area (Å²) in [5, 5.41) is 0.522. The van der Waals surface area contributed by atoms with E-state index in [0.717, 1.165) is 5.69 Å². The highest BCUT2D eigenvalue weighted by Crippen LogP contribution is 2.31. The van der Waals surface area contributed by atoms with Crippen LogP contribution in [0, 0.1) is 0 Å². The van der Waals surface area contributed by atoms with Gasteiger partial charge in [-0.05, 0) is 24.6 Å². The fourth-order valence-corrected chi connectivity index (χ4v) is 1.82. The molecule has 0 spiro atoms. The molecular weight excluding hydrogens is 198 g/mol. The van der Waals surface area contributed by atoms with Crippen LogP contribution in [-0.2, 0) is 5.54 Å². The normalized spacial score (nSPS) is 27.0. The van der Waals surface area contributed by atoms with Gasteiger partial charge < -0.3 is 16.5 Å². The molecule has 0 aromatic carbocycles. The second-order valence-electron chi connectivity index (χ2n) is 3.48. The van der Waals surface area contributed by atoms with Gasteiger partial charge in [0.05, 0.1) is 10.6 Å². The summed E-state index contributed by atoms with van der Waals surface area (Å²) in [5.74, 6) is 0. The monoisotopic (exact) mass is 209 g/mol. The van der Waals surface area contributed by atoms with Crippen molar-refractivity contribution in [2.45, 2.75) is 12.0 Å². The van der Waals surface area contributed by atoms with Crippen molar-refractivity contribution in [3.05, 3.63) is 46.9 Å². The third-order valence-electron chi connectivity index (χ3n) is 2.42. The van der Waals surface area contributed by atoms with Gasteiger partial charge in [0, 0.05) is 17.6 Å². The average Bonchev–Trinajstić information content (AvgIpc) is 2.65. The highest BCUT2D eigenvalue weighted by molar-refractivity contribution is 6.32. The Morgan fingerprint density at radius 1 is 1.50 bits per heavy atom. The first kappa shape index (κ1) is 9.37. The Morgan fingerprint density at radius 2 is 2.29 bits per heavy atom. The molecule has 1 aliphatic rings. The molecule has 0 bridgehead atoms. The largest absolute Gasteiger partial charge is 0.398 e. The maximum Gasteiger partial charge on any atom is 0.0800 e. The Balaban J connectivity index is 2.38. The van der Waals surface area contributed by atoms with Gasteiger partial charge in [0.25, 0.3) is 0 Å². The van der Waals surface area contributed by atoms with E-state index < -0.39 is 5.54 Å². The zero-order valence-corrected chi connectivity index (χ0v) is 8.38. The van der Waals surface area contributed by atoms with Crippen molar-refractivity contribution in [1.29, 1.82) is 0 Å². The van der Waals surface area contributed by atoms with E-state index in [1.54, 1.807) is 6.08 Å². The standard InChI is InChI=1S/C10H12ClN3/c11-7-6-10(13,4-3-8(7)12)9-2-1-5-14-9/h1-3,5-6,14H,4,12-13H2. The molecule has 1 aromatic heterocycles. The van der Waals surface area contributed by atoms with Gasteiger partial charge in [0.15, 0.2) is 0 Å². The molecule has 0 saturated heterocycles. The number of allylic oxidation sites excluding steroid dienone is 1. The minimum atomic E-state index is -0.552. The summed E-state index contributed by atoms with van der Waals surface area (Å²) in [6.45, 7) is 0. The number of aromatic nitrogens is 1. The summed E-state index contributed by atoms with van der Waals surface area (Å²) in [6.07, 6.45) is 6.14. The summed E-state index contributed by atoms with van der Waals surface area (Å²) < 4.78 is 0. The minimum Gasteiger partial charge on any atom is -0.398 e. The van der Waals surface area contributed by atoms with Crippen LogP contribution in [-0.4, -0.2) is 4.98 Å². The van der Waals surface area contributed by atoms with Crippen molar-refractivity contribution in [2.75, 3.05) is 0 Å². The van der Waals surface area contributed by atoms with Gasteiger partial charge in [-0.3, -0.25) is 0 Å². The lowest BCUT2D eigenvalue weighted by molar-refractivity contribution is 0.545. The fourth-order valence-electron chi connectivity index (χ4n) is 1.55. The molecule has 14 heavy (non-hydrogen) atoms. The van der Waals surface area contributed by atoms with Crippen LogP contribution in [0.15, 0.2) is 41.2 Å². The van der Waals surface area contributed by atoms with Gasteiger partial charge in [-0.1, -0.05) is 17.7 Å². The first-order valence-corrected chi connectivity index (χ1v) is 4.77. The number of hydrogen-bond acceptors (Lipinski definition) is 2. The second-order valence-corrected chi connectivity index (χ2v) is 3.89. The van der Waals surface area contributed by atoms with Gasteiger partial charge in [-0.15, -0.1) is 0 Å². The second kappa shape index (κ2) is 3.19. The number of rotatable bonds is 1. The van der Waals surface area contributed by atoms with Crippen LogP contribution in [0.2, 0.25) is 0 Å². The summed E-state index contributed by atoms with van der Waals surface area (Å²) >= 11 is 5.94. The lowest BCUT2D eigenvalue weighted by Gasteiger charge is -2.27. The van der Waals surface area contributed by atoms with Crippen LogP contribution in [0.25, 0.3) is 0 Å². The molecule has 4 heteroatoms. The van der Waals surface area contributed by atoms with E-state index in [1.807, 2.05) is 24.4 Å². The zero-order chi connectivity index (χ0) is 10.2. The molecule has 1 aromatic rings. The van der Waals surface area contributed by atoms with Gasteiger partial charge in [0.2, 0.25) is 0 Å². The summed E-state index contributed by atoms with van der Waals surface area (Å²) in [5.41, 5.74) is 12.8. The van der Waals surface area contributed by atoms with Gasteiger partial charge in [-0.2, -0.15) is 0 Å². The van der Waals surface area contributed by atoms with Crippen LogP contribution >= 0.6 is 11.6 Å². The molecule has 0 aliphatic heterocycles. The number of H-pyrrole nitrogens is 1. The molecule has 1 atom stereocenters. The molecule has 0 radical (unpaired) electrons. The molecule has 3 nitrogen and oxygen atoms in total.